The highest BCUT2D eigenvalue weighted by Gasteiger charge is 2.28. The van der Waals surface area contributed by atoms with Gasteiger partial charge in [-0.1, -0.05) is 120 Å². The van der Waals surface area contributed by atoms with Crippen LogP contribution in [-0.4, -0.2) is 73.4 Å². The zero-order valence-electron chi connectivity index (χ0n) is 28.4. The highest BCUT2D eigenvalue weighted by atomic mass is 31.2. The van der Waals surface area contributed by atoms with Gasteiger partial charge in [0.1, 0.15) is 13.2 Å². The van der Waals surface area contributed by atoms with E-state index in [4.69, 9.17) is 9.05 Å². The van der Waals surface area contributed by atoms with Gasteiger partial charge in [-0.3, -0.25) is 13.8 Å². The van der Waals surface area contributed by atoms with Crippen molar-refractivity contribution in [2.45, 2.75) is 116 Å². The van der Waals surface area contributed by atoms with Crippen LogP contribution in [0.5, 0.6) is 0 Å². The SMILES string of the molecule is CC/C=C\C/C=C\C/C=C\C/C=C\C/C=C\CC(=O)NC(COP(=O)(O)OCC[N+](C)(C)C)C(O)CCCCCCCCC. The average molecular weight is 640 g/mol. The topological polar surface area (TPSA) is 105 Å². The summed E-state index contributed by atoms with van der Waals surface area (Å²) in [6.45, 7) is 4.59. The van der Waals surface area contributed by atoms with Crippen molar-refractivity contribution in [3.8, 4) is 0 Å². The van der Waals surface area contributed by atoms with Crippen molar-refractivity contribution in [1.29, 1.82) is 0 Å². The molecule has 0 fully saturated rings. The van der Waals surface area contributed by atoms with Crippen LogP contribution in [0.4, 0.5) is 0 Å². The van der Waals surface area contributed by atoms with Gasteiger partial charge in [0.2, 0.25) is 5.91 Å². The van der Waals surface area contributed by atoms with Crippen molar-refractivity contribution >= 4 is 13.7 Å². The molecule has 1 amide bonds. The molecule has 0 aromatic heterocycles. The molecule has 0 aliphatic heterocycles. The number of phosphoric acid groups is 1. The summed E-state index contributed by atoms with van der Waals surface area (Å²) in [5, 5.41) is 13.6. The van der Waals surface area contributed by atoms with Crippen molar-refractivity contribution in [2.75, 3.05) is 40.9 Å². The second-order valence-corrected chi connectivity index (χ2v) is 13.6. The number of quaternary nitrogens is 1. The quantitative estimate of drug-likeness (QED) is 0.0347. The monoisotopic (exact) mass is 639 g/mol. The molecule has 3 atom stereocenters. The molecule has 44 heavy (non-hydrogen) atoms. The molecule has 0 heterocycles. The van der Waals surface area contributed by atoms with Crippen molar-refractivity contribution in [2.24, 2.45) is 0 Å². The van der Waals surface area contributed by atoms with E-state index in [1.807, 2.05) is 27.2 Å². The van der Waals surface area contributed by atoms with Crippen molar-refractivity contribution in [3.05, 3.63) is 60.8 Å². The first-order valence-electron chi connectivity index (χ1n) is 16.7. The van der Waals surface area contributed by atoms with Gasteiger partial charge in [0, 0.05) is 6.42 Å². The fourth-order valence-electron chi connectivity index (χ4n) is 4.11. The number of unbranched alkanes of at least 4 members (excludes halogenated alkanes) is 6. The number of carbonyl (C=O) groups excluding carboxylic acids is 1. The summed E-state index contributed by atoms with van der Waals surface area (Å²) < 4.78 is 23.3. The van der Waals surface area contributed by atoms with E-state index in [1.54, 1.807) is 6.08 Å². The van der Waals surface area contributed by atoms with Gasteiger partial charge in [-0.05, 0) is 38.5 Å². The minimum absolute atomic E-state index is 0.0545. The molecule has 0 saturated carbocycles. The smallest absolute Gasteiger partial charge is 0.391 e. The molecular formula is C35H64N2O6P+. The Bertz CT molecular complexity index is 907. The molecule has 9 heteroatoms. The molecule has 8 nitrogen and oxygen atoms in total. The van der Waals surface area contributed by atoms with Crippen molar-refractivity contribution in [3.63, 3.8) is 0 Å². The number of aliphatic hydroxyl groups is 1. The second kappa shape index (κ2) is 27.5. The summed E-state index contributed by atoms with van der Waals surface area (Å²) in [5.41, 5.74) is 0. The number of rotatable bonds is 28. The predicted molar refractivity (Wildman–Crippen MR) is 184 cm³/mol. The second-order valence-electron chi connectivity index (χ2n) is 12.2. The number of amides is 1. The molecule has 0 aromatic carbocycles. The Labute approximate surface area is 269 Å². The Balaban J connectivity index is 4.67. The maximum atomic E-state index is 12.6. The Morgan fingerprint density at radius 3 is 1.80 bits per heavy atom. The summed E-state index contributed by atoms with van der Waals surface area (Å²) in [6.07, 6.45) is 32.9. The molecule has 0 aliphatic carbocycles. The Kier molecular flexibility index (Phi) is 26.4. The van der Waals surface area contributed by atoms with E-state index in [2.05, 4.69) is 67.8 Å². The Morgan fingerprint density at radius 1 is 0.773 bits per heavy atom. The minimum atomic E-state index is -4.32. The van der Waals surface area contributed by atoms with Gasteiger partial charge >= 0.3 is 7.82 Å². The van der Waals surface area contributed by atoms with E-state index in [-0.39, 0.29) is 25.5 Å². The summed E-state index contributed by atoms with van der Waals surface area (Å²) in [6, 6.07) is -0.812. The number of carbonyl (C=O) groups is 1. The third kappa shape index (κ3) is 28.9. The highest BCUT2D eigenvalue weighted by Crippen LogP contribution is 2.43. The largest absolute Gasteiger partial charge is 0.472 e. The fraction of sp³-hybridized carbons (Fsp3) is 0.686. The normalized spacial score (nSPS) is 15.7. The van der Waals surface area contributed by atoms with Crippen LogP contribution in [0.2, 0.25) is 0 Å². The molecule has 0 radical (unpaired) electrons. The van der Waals surface area contributed by atoms with Crippen molar-refractivity contribution in [1.82, 2.24) is 5.32 Å². The van der Waals surface area contributed by atoms with E-state index < -0.39 is 20.0 Å². The molecule has 0 aromatic rings. The first kappa shape index (κ1) is 42.2. The standard InChI is InChI=1S/C35H63N2O6P/c1-6-8-10-12-14-15-16-17-18-19-20-21-23-25-27-29-35(39)36-33(34(38)28-26-24-22-13-11-9-7-2)32-43-44(40,41)42-31-30-37(3,4)5/h8,10,14-15,17-18,20-21,25,27,33-34,38H,6-7,9,11-13,16,19,22-24,26,28-32H2,1-5H3,(H-,36,39,40,41)/p+1/b10-8-,15-14-,18-17-,21-20-,27-25-. The number of nitrogens with zero attached hydrogens (tertiary/aromatic N) is 1. The van der Waals surface area contributed by atoms with Gasteiger partial charge in [-0.2, -0.15) is 0 Å². The molecule has 0 saturated heterocycles. The summed E-state index contributed by atoms with van der Waals surface area (Å²) in [5.74, 6) is -0.280. The van der Waals surface area contributed by atoms with Crippen LogP contribution in [-0.2, 0) is 18.4 Å². The third-order valence-electron chi connectivity index (χ3n) is 6.81. The lowest BCUT2D eigenvalue weighted by Gasteiger charge is -2.26. The van der Waals surface area contributed by atoms with Crippen LogP contribution >= 0.6 is 7.82 Å². The van der Waals surface area contributed by atoms with E-state index >= 15 is 0 Å². The molecule has 0 spiro atoms. The summed E-state index contributed by atoms with van der Waals surface area (Å²) in [7, 11) is 1.54. The van der Waals surface area contributed by atoms with Gasteiger partial charge in [0.15, 0.2) is 0 Å². The predicted octanol–water partition coefficient (Wildman–Crippen LogP) is 7.95. The Hall–Kier alpha value is -1.80. The zero-order valence-corrected chi connectivity index (χ0v) is 29.3. The van der Waals surface area contributed by atoms with Gasteiger partial charge < -0.3 is 19.8 Å². The maximum absolute atomic E-state index is 12.6. The highest BCUT2D eigenvalue weighted by molar-refractivity contribution is 7.47. The lowest BCUT2D eigenvalue weighted by atomic mass is 10.0. The number of allylic oxidation sites excluding steroid dienone is 9. The van der Waals surface area contributed by atoms with Crippen molar-refractivity contribution < 1.29 is 32.9 Å². The van der Waals surface area contributed by atoms with Gasteiger partial charge in [-0.15, -0.1) is 0 Å². The zero-order chi connectivity index (χ0) is 32.9. The number of phosphoric ester groups is 1. The van der Waals surface area contributed by atoms with Crippen LogP contribution in [0.15, 0.2) is 60.8 Å². The number of nitrogens with one attached hydrogen (secondary N) is 1. The number of hydrogen-bond donors (Lipinski definition) is 3. The molecule has 3 N–H and O–H groups in total. The van der Waals surface area contributed by atoms with E-state index in [1.165, 1.54) is 25.7 Å². The maximum Gasteiger partial charge on any atom is 0.472 e. The van der Waals surface area contributed by atoms with Crippen LogP contribution in [0.1, 0.15) is 104 Å². The van der Waals surface area contributed by atoms with E-state index in [0.29, 0.717) is 17.4 Å². The fourth-order valence-corrected chi connectivity index (χ4v) is 4.85. The van der Waals surface area contributed by atoms with Gasteiger partial charge in [-0.25, -0.2) is 4.57 Å². The lowest BCUT2D eigenvalue weighted by molar-refractivity contribution is -0.870. The summed E-state index contributed by atoms with van der Waals surface area (Å²) >= 11 is 0. The number of aliphatic hydroxyl groups excluding tert-OH is 1. The van der Waals surface area contributed by atoms with E-state index in [0.717, 1.165) is 51.4 Å². The number of likely N-dealkylation sites (N-methyl/N-ethyl adjacent to an activating group) is 1. The average Bonchev–Trinajstić information content (AvgIpc) is 2.95. The van der Waals surface area contributed by atoms with Gasteiger partial charge in [0.05, 0.1) is 39.9 Å². The van der Waals surface area contributed by atoms with E-state index in [9.17, 15) is 19.4 Å². The molecule has 0 bridgehead atoms. The first-order chi connectivity index (χ1) is 21.0. The van der Waals surface area contributed by atoms with Crippen LogP contribution < -0.4 is 5.32 Å². The summed E-state index contributed by atoms with van der Waals surface area (Å²) in [4.78, 5) is 22.8. The number of hydrogen-bond acceptors (Lipinski definition) is 5. The minimum Gasteiger partial charge on any atom is -0.391 e. The molecule has 3 unspecified atom stereocenters. The van der Waals surface area contributed by atoms with Crippen LogP contribution in [0.25, 0.3) is 0 Å². The molecular weight excluding hydrogens is 575 g/mol. The Morgan fingerprint density at radius 2 is 1.27 bits per heavy atom. The van der Waals surface area contributed by atoms with Crippen LogP contribution in [0.3, 0.4) is 0 Å². The first-order valence-corrected chi connectivity index (χ1v) is 18.1. The molecule has 254 valence electrons. The molecule has 0 aliphatic rings. The third-order valence-corrected chi connectivity index (χ3v) is 7.79. The van der Waals surface area contributed by atoms with Crippen LogP contribution in [0, 0.1) is 0 Å². The van der Waals surface area contributed by atoms with Gasteiger partial charge in [0.25, 0.3) is 0 Å². The molecule has 0 rings (SSSR count). The lowest BCUT2D eigenvalue weighted by Crippen LogP contribution is -2.46.